The van der Waals surface area contributed by atoms with Crippen LogP contribution >= 0.6 is 0 Å². The molecule has 0 amide bonds. The second-order valence-corrected chi connectivity index (χ2v) is 10.5. The average Bonchev–Trinajstić information content (AvgIpc) is 2.92. The summed E-state index contributed by atoms with van der Waals surface area (Å²) in [5, 5.41) is 3.51. The highest BCUT2D eigenvalue weighted by Crippen LogP contribution is 2.07. The zero-order valence-corrected chi connectivity index (χ0v) is 25.6. The molecule has 37 heavy (non-hydrogen) atoms. The summed E-state index contributed by atoms with van der Waals surface area (Å²) in [6, 6.07) is 0. The van der Waals surface area contributed by atoms with E-state index in [4.69, 9.17) is 28.7 Å². The first kappa shape index (κ1) is 41.2. The zero-order chi connectivity index (χ0) is 27.9. The lowest BCUT2D eigenvalue weighted by atomic mass is 10.1. The molecule has 6 heteroatoms. The van der Waals surface area contributed by atoms with E-state index in [0.717, 1.165) is 32.7 Å². The third kappa shape index (κ3) is 52.9. The first-order chi connectivity index (χ1) is 18.2. The Balaban J connectivity index is -0.000000479. The molecule has 0 aliphatic carbocycles. The van der Waals surface area contributed by atoms with Gasteiger partial charge in [-0.2, -0.15) is 0 Å². The van der Waals surface area contributed by atoms with Crippen LogP contribution in [0.25, 0.3) is 0 Å². The van der Waals surface area contributed by atoms with E-state index in [0.29, 0.717) is 0 Å². The highest BCUT2D eigenvalue weighted by atomic mass is 14.8. The summed E-state index contributed by atoms with van der Waals surface area (Å²) in [5.41, 5.74) is 26.9. The van der Waals surface area contributed by atoms with Gasteiger partial charge in [0, 0.05) is 0 Å². The molecular weight excluding hydrogens is 456 g/mol. The van der Waals surface area contributed by atoms with Crippen LogP contribution in [-0.4, -0.2) is 45.8 Å². The lowest BCUT2D eigenvalue weighted by Crippen LogP contribution is -2.16. The second kappa shape index (κ2) is 45.7. The van der Waals surface area contributed by atoms with Gasteiger partial charge in [-0.15, -0.1) is 0 Å². The molecule has 11 N–H and O–H groups in total. The van der Waals surface area contributed by atoms with E-state index < -0.39 is 0 Å². The van der Waals surface area contributed by atoms with Crippen molar-refractivity contribution in [2.75, 3.05) is 45.8 Å². The van der Waals surface area contributed by atoms with Crippen LogP contribution in [0, 0.1) is 0 Å². The predicted molar refractivity (Wildman–Crippen MR) is 170 cm³/mol. The summed E-state index contributed by atoms with van der Waals surface area (Å²) in [5.74, 6) is 0. The van der Waals surface area contributed by atoms with E-state index in [-0.39, 0.29) is 0 Å². The second-order valence-electron chi connectivity index (χ2n) is 10.5. The molecule has 0 saturated heterocycles. The number of nitrogens with one attached hydrogen (secondary N) is 1. The molecule has 0 heterocycles. The van der Waals surface area contributed by atoms with Gasteiger partial charge in [0.25, 0.3) is 0 Å². The summed E-state index contributed by atoms with van der Waals surface area (Å²) in [6.07, 6.45) is 30.2. The minimum atomic E-state index is 0.844. The number of unbranched alkanes of at least 4 members (excludes halogenated alkanes) is 19. The molecule has 0 aromatic carbocycles. The molecule has 0 aromatic rings. The first-order valence-corrected chi connectivity index (χ1v) is 16.5. The van der Waals surface area contributed by atoms with Crippen LogP contribution in [0.1, 0.15) is 155 Å². The molecule has 0 aliphatic heterocycles. The van der Waals surface area contributed by atoms with Crippen LogP contribution in [-0.2, 0) is 0 Å². The van der Waals surface area contributed by atoms with Gasteiger partial charge in [-0.3, -0.25) is 0 Å². The molecule has 228 valence electrons. The van der Waals surface area contributed by atoms with Crippen molar-refractivity contribution in [3.05, 3.63) is 0 Å². The van der Waals surface area contributed by atoms with Gasteiger partial charge < -0.3 is 34.0 Å². The lowest BCUT2D eigenvalue weighted by molar-refractivity contribution is 0.555. The van der Waals surface area contributed by atoms with Gasteiger partial charge in [-0.1, -0.05) is 110 Å². The zero-order valence-electron chi connectivity index (χ0n) is 25.6. The third-order valence-electron chi connectivity index (χ3n) is 6.58. The van der Waals surface area contributed by atoms with E-state index in [1.165, 1.54) is 161 Å². The highest BCUT2D eigenvalue weighted by molar-refractivity contribution is 4.51. The molecule has 0 atom stereocenters. The van der Waals surface area contributed by atoms with Crippen molar-refractivity contribution in [1.29, 1.82) is 0 Å². The summed E-state index contributed by atoms with van der Waals surface area (Å²) in [7, 11) is 0. The van der Waals surface area contributed by atoms with Crippen molar-refractivity contribution in [3.63, 3.8) is 0 Å². The van der Waals surface area contributed by atoms with Gasteiger partial charge in [-0.05, 0) is 90.8 Å². The third-order valence-corrected chi connectivity index (χ3v) is 6.58. The van der Waals surface area contributed by atoms with E-state index in [9.17, 15) is 0 Å². The van der Waals surface area contributed by atoms with E-state index in [1.54, 1.807) is 0 Å². The largest absolute Gasteiger partial charge is 0.330 e. The standard InChI is InChI=1S/C13H30N2.C10H24N2.C8H20N2/c1-2-3-4-6-9-12-15-13-10-7-5-8-11-14;11-9-7-5-3-1-2-4-6-8-10-12;9-7-5-3-1-2-4-6-8-10/h15H,2-14H2,1H3;1-12H2;1-10H2. The van der Waals surface area contributed by atoms with Crippen LogP contribution < -0.4 is 34.0 Å². The highest BCUT2D eigenvalue weighted by Gasteiger charge is 1.92. The van der Waals surface area contributed by atoms with E-state index in [2.05, 4.69) is 12.2 Å². The molecule has 0 aromatic heterocycles. The molecule has 0 fully saturated rings. The molecule has 0 bridgehead atoms. The van der Waals surface area contributed by atoms with Gasteiger partial charge in [-0.25, -0.2) is 0 Å². The Labute approximate surface area is 234 Å². The SMILES string of the molecule is CCCCCCCNCCCCCCN.NCCCCCCCCCCN.NCCCCCCCCN. The Bertz CT molecular complexity index is 301. The monoisotopic (exact) mass is 531 g/mol. The van der Waals surface area contributed by atoms with Gasteiger partial charge in [0.1, 0.15) is 0 Å². The average molecular weight is 531 g/mol. The summed E-state index contributed by atoms with van der Waals surface area (Å²) < 4.78 is 0. The fourth-order valence-electron chi connectivity index (χ4n) is 4.07. The quantitative estimate of drug-likeness (QED) is 0.0652. The van der Waals surface area contributed by atoms with Crippen molar-refractivity contribution in [2.45, 2.75) is 155 Å². The molecule has 0 rings (SSSR count). The molecule has 0 radical (unpaired) electrons. The van der Waals surface area contributed by atoms with Crippen molar-refractivity contribution in [1.82, 2.24) is 5.32 Å². The summed E-state index contributed by atoms with van der Waals surface area (Å²) >= 11 is 0. The maximum atomic E-state index is 5.43. The molecule has 0 unspecified atom stereocenters. The summed E-state index contributed by atoms with van der Waals surface area (Å²) in [4.78, 5) is 0. The fraction of sp³-hybridized carbons (Fsp3) is 1.00. The Morgan fingerprint density at radius 1 is 0.297 bits per heavy atom. The summed E-state index contributed by atoms with van der Waals surface area (Å²) in [6.45, 7) is 8.91. The maximum Gasteiger partial charge on any atom is -0.00489 e. The Morgan fingerprint density at radius 2 is 0.514 bits per heavy atom. The first-order valence-electron chi connectivity index (χ1n) is 16.5. The van der Waals surface area contributed by atoms with Crippen LogP contribution in [0.5, 0.6) is 0 Å². The number of rotatable bonds is 28. The van der Waals surface area contributed by atoms with Gasteiger partial charge in [0.2, 0.25) is 0 Å². The fourth-order valence-corrected chi connectivity index (χ4v) is 4.07. The smallest absolute Gasteiger partial charge is 0.00489 e. The van der Waals surface area contributed by atoms with Crippen molar-refractivity contribution < 1.29 is 0 Å². The topological polar surface area (TPSA) is 142 Å². The lowest BCUT2D eigenvalue weighted by Gasteiger charge is -2.04. The molecular formula is C31H74N6. The number of hydrogen-bond donors (Lipinski definition) is 6. The maximum absolute atomic E-state index is 5.43. The van der Waals surface area contributed by atoms with E-state index >= 15 is 0 Å². The molecule has 0 aliphatic rings. The number of hydrogen-bond acceptors (Lipinski definition) is 6. The van der Waals surface area contributed by atoms with Crippen molar-refractivity contribution >= 4 is 0 Å². The Hall–Kier alpha value is -0.240. The Kier molecular flexibility index (Phi) is 50.9. The van der Waals surface area contributed by atoms with Crippen molar-refractivity contribution in [3.8, 4) is 0 Å². The molecule has 0 spiro atoms. The normalized spacial score (nSPS) is 10.5. The van der Waals surface area contributed by atoms with Gasteiger partial charge >= 0.3 is 0 Å². The van der Waals surface area contributed by atoms with Gasteiger partial charge in [0.05, 0.1) is 0 Å². The Morgan fingerprint density at radius 3 is 0.757 bits per heavy atom. The number of nitrogens with two attached hydrogens (primary N) is 5. The molecule has 6 nitrogen and oxygen atoms in total. The van der Waals surface area contributed by atoms with E-state index in [1.807, 2.05) is 0 Å². The van der Waals surface area contributed by atoms with Crippen LogP contribution in [0.2, 0.25) is 0 Å². The van der Waals surface area contributed by atoms with Crippen LogP contribution in [0.4, 0.5) is 0 Å². The minimum Gasteiger partial charge on any atom is -0.330 e. The minimum absolute atomic E-state index is 0.844. The van der Waals surface area contributed by atoms with Crippen LogP contribution in [0.15, 0.2) is 0 Å². The predicted octanol–water partition coefficient (Wildman–Crippen LogP) is 6.33. The molecule has 0 saturated carbocycles. The van der Waals surface area contributed by atoms with Crippen molar-refractivity contribution in [2.24, 2.45) is 28.7 Å². The van der Waals surface area contributed by atoms with Crippen LogP contribution in [0.3, 0.4) is 0 Å². The van der Waals surface area contributed by atoms with Gasteiger partial charge in [0.15, 0.2) is 0 Å².